The zero-order chi connectivity index (χ0) is 11.4. The number of benzene rings is 1. The van der Waals surface area contributed by atoms with Crippen LogP contribution in [0.15, 0.2) is 29.6 Å². The molecule has 0 aliphatic rings. The largest absolute Gasteiger partial charge is 0.144 e. The second kappa shape index (κ2) is 5.70. The molecule has 2 heteroatoms. The second-order valence-electron chi connectivity index (χ2n) is 4.27. The van der Waals surface area contributed by atoms with Crippen molar-refractivity contribution in [2.24, 2.45) is 5.92 Å². The minimum Gasteiger partial charge on any atom is -0.144 e. The number of hydrogen-bond acceptors (Lipinski definition) is 1. The van der Waals surface area contributed by atoms with Crippen LogP contribution in [-0.2, 0) is 6.42 Å². The summed E-state index contributed by atoms with van der Waals surface area (Å²) in [5.41, 5.74) is 1.47. The van der Waals surface area contributed by atoms with E-state index in [4.69, 9.17) is 11.6 Å². The van der Waals surface area contributed by atoms with Crippen LogP contribution in [0.25, 0.3) is 10.1 Å². The van der Waals surface area contributed by atoms with Crippen LogP contribution in [0.3, 0.4) is 0 Å². The zero-order valence-corrected chi connectivity index (χ0v) is 11.2. The minimum atomic E-state index is 0.629. The van der Waals surface area contributed by atoms with Gasteiger partial charge in [0.1, 0.15) is 0 Å². The van der Waals surface area contributed by atoms with Gasteiger partial charge >= 0.3 is 0 Å². The molecular weight excluding hydrogens is 236 g/mol. The molecule has 86 valence electrons. The number of thiophene rings is 1. The van der Waals surface area contributed by atoms with Gasteiger partial charge in [0, 0.05) is 10.6 Å². The lowest BCUT2D eigenvalue weighted by Crippen LogP contribution is -2.05. The monoisotopic (exact) mass is 252 g/mol. The van der Waals surface area contributed by atoms with E-state index in [2.05, 4.69) is 36.6 Å². The third kappa shape index (κ3) is 2.58. The van der Waals surface area contributed by atoms with Gasteiger partial charge in [-0.25, -0.2) is 0 Å². The molecule has 0 amide bonds. The summed E-state index contributed by atoms with van der Waals surface area (Å²) in [6, 6.07) is 8.64. The number of alkyl halides is 1. The van der Waals surface area contributed by atoms with Gasteiger partial charge in [0.2, 0.25) is 0 Å². The molecule has 0 fully saturated rings. The Morgan fingerprint density at radius 1 is 1.31 bits per heavy atom. The van der Waals surface area contributed by atoms with Crippen molar-refractivity contribution < 1.29 is 0 Å². The first-order valence-electron chi connectivity index (χ1n) is 5.86. The maximum Gasteiger partial charge on any atom is 0.0345 e. The van der Waals surface area contributed by atoms with Gasteiger partial charge < -0.3 is 0 Å². The Morgan fingerprint density at radius 3 is 2.88 bits per heavy atom. The lowest BCUT2D eigenvalue weighted by Gasteiger charge is -2.11. The fourth-order valence-corrected chi connectivity index (χ4v) is 3.38. The number of hydrogen-bond donors (Lipinski definition) is 0. The van der Waals surface area contributed by atoms with E-state index in [0.717, 1.165) is 12.3 Å². The van der Waals surface area contributed by atoms with E-state index in [1.807, 2.05) is 11.3 Å². The lowest BCUT2D eigenvalue weighted by atomic mass is 9.96. The van der Waals surface area contributed by atoms with Crippen molar-refractivity contribution in [2.75, 3.05) is 5.88 Å². The van der Waals surface area contributed by atoms with E-state index in [1.54, 1.807) is 0 Å². The van der Waals surface area contributed by atoms with Crippen molar-refractivity contribution in [1.82, 2.24) is 0 Å². The van der Waals surface area contributed by atoms with Gasteiger partial charge in [-0.1, -0.05) is 31.5 Å². The molecule has 0 N–H and O–H groups in total. The fourth-order valence-electron chi connectivity index (χ4n) is 2.14. The molecular formula is C14H17ClS. The molecule has 2 rings (SSSR count). The Hall–Kier alpha value is -0.530. The predicted molar refractivity (Wildman–Crippen MR) is 74.6 cm³/mol. The zero-order valence-electron chi connectivity index (χ0n) is 9.58. The summed E-state index contributed by atoms with van der Waals surface area (Å²) in [6.07, 6.45) is 3.58. The number of fused-ring (bicyclic) bond motifs is 1. The van der Waals surface area contributed by atoms with E-state index >= 15 is 0 Å². The Bertz CT molecular complexity index is 447. The summed E-state index contributed by atoms with van der Waals surface area (Å²) in [6.45, 7) is 2.23. The van der Waals surface area contributed by atoms with Crippen LogP contribution in [0.4, 0.5) is 0 Å². The maximum atomic E-state index is 6.02. The average molecular weight is 253 g/mol. The first kappa shape index (κ1) is 11.9. The van der Waals surface area contributed by atoms with Gasteiger partial charge in [-0.3, -0.25) is 0 Å². The smallest absolute Gasteiger partial charge is 0.0345 e. The minimum absolute atomic E-state index is 0.629. The molecule has 16 heavy (non-hydrogen) atoms. The first-order chi connectivity index (χ1) is 7.85. The Labute approximate surface area is 106 Å². The summed E-state index contributed by atoms with van der Waals surface area (Å²) in [7, 11) is 0. The van der Waals surface area contributed by atoms with Crippen LogP contribution in [0.1, 0.15) is 25.3 Å². The summed E-state index contributed by atoms with van der Waals surface area (Å²) in [5.74, 6) is 1.41. The normalized spacial score (nSPS) is 13.1. The van der Waals surface area contributed by atoms with Gasteiger partial charge in [-0.05, 0) is 41.2 Å². The standard InChI is InChI=1S/C14H17ClS/c1-2-5-11(9-15)8-12-10-16-14-7-4-3-6-13(12)14/h3-4,6-7,10-11H,2,5,8-9H2,1H3. The van der Waals surface area contributed by atoms with Crippen molar-refractivity contribution >= 4 is 33.0 Å². The third-order valence-corrected chi connectivity index (χ3v) is 4.43. The Balaban J connectivity index is 2.20. The second-order valence-corrected chi connectivity index (χ2v) is 5.49. The summed E-state index contributed by atoms with van der Waals surface area (Å²) >= 11 is 7.86. The quantitative estimate of drug-likeness (QED) is 0.650. The number of rotatable bonds is 5. The molecule has 0 spiro atoms. The fraction of sp³-hybridized carbons (Fsp3) is 0.429. The summed E-state index contributed by atoms with van der Waals surface area (Å²) in [4.78, 5) is 0. The third-order valence-electron chi connectivity index (χ3n) is 2.98. The SMILES string of the molecule is CCCC(CCl)Cc1csc2ccccc12. The first-order valence-corrected chi connectivity index (χ1v) is 7.27. The predicted octanol–water partition coefficient (Wildman–Crippen LogP) is 5.10. The molecule has 0 aliphatic heterocycles. The molecule has 0 radical (unpaired) electrons. The van der Waals surface area contributed by atoms with Crippen molar-refractivity contribution in [2.45, 2.75) is 26.2 Å². The molecule has 1 aromatic carbocycles. The van der Waals surface area contributed by atoms with Crippen LogP contribution in [0, 0.1) is 5.92 Å². The molecule has 0 aliphatic carbocycles. The molecule has 0 bridgehead atoms. The van der Waals surface area contributed by atoms with E-state index in [9.17, 15) is 0 Å². The van der Waals surface area contributed by atoms with Crippen LogP contribution in [-0.4, -0.2) is 5.88 Å². The number of halogens is 1. The molecule has 1 unspecified atom stereocenters. The van der Waals surface area contributed by atoms with E-state index in [1.165, 1.54) is 28.5 Å². The van der Waals surface area contributed by atoms with Crippen LogP contribution < -0.4 is 0 Å². The lowest BCUT2D eigenvalue weighted by molar-refractivity contribution is 0.530. The van der Waals surface area contributed by atoms with Crippen molar-refractivity contribution in [3.63, 3.8) is 0 Å². The van der Waals surface area contributed by atoms with Crippen molar-refractivity contribution in [1.29, 1.82) is 0 Å². The van der Waals surface area contributed by atoms with Gasteiger partial charge in [0.05, 0.1) is 0 Å². The van der Waals surface area contributed by atoms with E-state index in [-0.39, 0.29) is 0 Å². The molecule has 0 saturated carbocycles. The van der Waals surface area contributed by atoms with E-state index < -0.39 is 0 Å². The maximum absolute atomic E-state index is 6.02. The van der Waals surface area contributed by atoms with Crippen LogP contribution >= 0.6 is 22.9 Å². The van der Waals surface area contributed by atoms with Gasteiger partial charge in [0.15, 0.2) is 0 Å². The summed E-state index contributed by atoms with van der Waals surface area (Å²) < 4.78 is 1.39. The topological polar surface area (TPSA) is 0 Å². The Morgan fingerprint density at radius 2 is 2.12 bits per heavy atom. The molecule has 0 saturated heterocycles. The van der Waals surface area contributed by atoms with E-state index in [0.29, 0.717) is 5.92 Å². The average Bonchev–Trinajstić information content (AvgIpc) is 2.72. The van der Waals surface area contributed by atoms with Gasteiger partial charge in [-0.2, -0.15) is 0 Å². The van der Waals surface area contributed by atoms with Gasteiger partial charge in [0.25, 0.3) is 0 Å². The van der Waals surface area contributed by atoms with Crippen molar-refractivity contribution in [3.05, 3.63) is 35.2 Å². The van der Waals surface area contributed by atoms with Crippen LogP contribution in [0.2, 0.25) is 0 Å². The molecule has 1 heterocycles. The highest BCUT2D eigenvalue weighted by Crippen LogP contribution is 2.28. The molecule has 1 atom stereocenters. The highest BCUT2D eigenvalue weighted by Gasteiger charge is 2.10. The highest BCUT2D eigenvalue weighted by atomic mass is 35.5. The molecule has 0 nitrogen and oxygen atoms in total. The Kier molecular flexibility index (Phi) is 4.25. The van der Waals surface area contributed by atoms with Crippen LogP contribution in [0.5, 0.6) is 0 Å². The molecule has 1 aromatic heterocycles. The summed E-state index contributed by atoms with van der Waals surface area (Å²) in [5, 5.41) is 3.71. The molecule has 2 aromatic rings. The highest BCUT2D eigenvalue weighted by molar-refractivity contribution is 7.17. The van der Waals surface area contributed by atoms with Crippen molar-refractivity contribution in [3.8, 4) is 0 Å². The van der Waals surface area contributed by atoms with Gasteiger partial charge in [-0.15, -0.1) is 22.9 Å².